The van der Waals surface area contributed by atoms with E-state index in [-0.39, 0.29) is 110 Å². The van der Waals surface area contributed by atoms with Crippen molar-refractivity contribution in [2.45, 2.75) is 102 Å². The molecule has 1 aromatic carbocycles. The molecule has 0 aliphatic rings. The van der Waals surface area contributed by atoms with Gasteiger partial charge in [0.2, 0.25) is 0 Å². The molecule has 0 fully saturated rings. The predicted octanol–water partition coefficient (Wildman–Crippen LogP) is -2.01. The number of hydrogen-bond acceptors (Lipinski definition) is 23. The van der Waals surface area contributed by atoms with Gasteiger partial charge in [-0.05, 0) is 26.3 Å². The van der Waals surface area contributed by atoms with Crippen molar-refractivity contribution < 1.29 is 153 Å². The minimum atomic E-state index is -1.20. The number of carbonyl (C=O) groups is 10. The van der Waals surface area contributed by atoms with E-state index in [1.54, 1.807) is 28.1 Å². The lowest BCUT2D eigenvalue weighted by atomic mass is 9.93. The summed E-state index contributed by atoms with van der Waals surface area (Å²) >= 11 is 0. The van der Waals surface area contributed by atoms with E-state index in [1.807, 2.05) is 51.5 Å². The van der Waals surface area contributed by atoms with Gasteiger partial charge in [-0.15, -0.1) is 0 Å². The minimum absolute atomic E-state index is 0. The number of quaternary nitrogens is 2. The largest absolute Gasteiger partial charge is 1.00 e. The Balaban J connectivity index is -0.000000227. The number of aliphatic hydroxyl groups excluding tert-OH is 1. The summed E-state index contributed by atoms with van der Waals surface area (Å²) in [5.74, 6) is -4.15. The van der Waals surface area contributed by atoms with Crippen molar-refractivity contribution in [2.75, 3.05) is 149 Å². The Kier molecular flexibility index (Phi) is 53.6. The second kappa shape index (κ2) is 50.0. The first kappa shape index (κ1) is 88.9. The van der Waals surface area contributed by atoms with Crippen LogP contribution in [0.1, 0.15) is 100 Å². The fourth-order valence-corrected chi connectivity index (χ4v) is 5.54. The van der Waals surface area contributed by atoms with Gasteiger partial charge < -0.3 is 105 Å². The van der Waals surface area contributed by atoms with E-state index < -0.39 is 52.7 Å². The number of rotatable bonds is 32. The molecule has 0 radical (unpaired) electrons. The molecule has 0 aliphatic heterocycles. The number of carbonyl (C=O) groups excluding carboxylic acids is 10. The van der Waals surface area contributed by atoms with Crippen LogP contribution in [0.25, 0.3) is 0 Å². The van der Waals surface area contributed by atoms with Crippen molar-refractivity contribution in [3.05, 3.63) is 35.9 Å². The minimum Gasteiger partial charge on any atom is -1.00 e. The van der Waals surface area contributed by atoms with E-state index >= 15 is 0 Å². The SMILES string of the molecule is CC(=O)OCC(C)(CO)C(=O)OCCC[N+](C)(C)C.CC(=O)OCC(C)(COC(C)=O)C(=O)OCCC[N+](C)(C)C.CC(=O)OCCCOC(C)=O.CC(=O)OCCCOC(C)=O.COCC(C)(COC)C(=O)OCc1ccccc1.[Br-].[Br-]. The molecule has 1 unspecified atom stereocenters. The molecule has 0 saturated carbocycles. The number of esters is 10. The standard InChI is InChI=1S/C15H28NO6.C14H20O4.C13H26NO5.2C7H12O4.2BrH/c1-12(17)21-10-15(3,11-22-13(2)18)14(19)20-9-7-8-16(4,5)6;1-14(10-16-2,11-17-3)13(15)18-9-12-7-5-4-6-8-12;1-11(16)19-10-13(2,9-15)12(17)18-8-6-7-14(3,4)5;2*1-6(8)10-4-3-5-11-7(2)9;;/h7-11H2,1-6H3;4-8H,9-11H2,1-3H3;15H,6-10H2,1-5H3;2*3-5H2,1-2H3;2*1H/q+1;;+1;;;;/p-2. The average molecular weight is 1330 g/mol. The Hall–Kier alpha value is -5.32. The number of methoxy groups -OCH3 is 2. The summed E-state index contributed by atoms with van der Waals surface area (Å²) in [6.07, 6.45) is 2.56. The monoisotopic (exact) mass is 1320 g/mol. The number of benzene rings is 1. The third kappa shape index (κ3) is 56.9. The molecule has 0 saturated heterocycles. The van der Waals surface area contributed by atoms with Crippen LogP contribution in [-0.2, 0) is 111 Å². The van der Waals surface area contributed by atoms with Gasteiger partial charge in [-0.3, -0.25) is 47.9 Å². The third-order valence-electron chi connectivity index (χ3n) is 9.96. The molecule has 25 nitrogen and oxygen atoms in total. The van der Waals surface area contributed by atoms with Gasteiger partial charge in [-0.1, -0.05) is 30.3 Å². The number of nitrogens with zero attached hydrogens (tertiary/aromatic N) is 2. The quantitative estimate of drug-likeness (QED) is 0.0353. The maximum Gasteiger partial charge on any atom is 0.318 e. The highest BCUT2D eigenvalue weighted by Crippen LogP contribution is 2.22. The maximum absolute atomic E-state index is 12.2. The van der Waals surface area contributed by atoms with Gasteiger partial charge in [-0.2, -0.15) is 0 Å². The van der Waals surface area contributed by atoms with Gasteiger partial charge in [0.05, 0.1) is 115 Å². The lowest BCUT2D eigenvalue weighted by Gasteiger charge is -2.27. The molecule has 1 rings (SSSR count). The van der Waals surface area contributed by atoms with Gasteiger partial charge in [0.25, 0.3) is 0 Å². The summed E-state index contributed by atoms with van der Waals surface area (Å²) in [5.41, 5.74) is -2.20. The zero-order chi connectivity index (χ0) is 63.3. The summed E-state index contributed by atoms with van der Waals surface area (Å²) in [5, 5.41) is 9.26. The van der Waals surface area contributed by atoms with E-state index in [0.29, 0.717) is 52.3 Å². The highest BCUT2D eigenvalue weighted by atomic mass is 79.9. The number of aliphatic hydroxyl groups is 1. The highest BCUT2D eigenvalue weighted by Gasteiger charge is 2.39. The van der Waals surface area contributed by atoms with Crippen molar-refractivity contribution in [2.24, 2.45) is 16.2 Å². The molecule has 0 bridgehead atoms. The fraction of sp³-hybridized carbons (Fsp3) is 0.714. The summed E-state index contributed by atoms with van der Waals surface area (Å²) in [4.78, 5) is 110. The zero-order valence-corrected chi connectivity index (χ0v) is 55.6. The van der Waals surface area contributed by atoms with Crippen LogP contribution < -0.4 is 34.0 Å². The second-order valence-electron chi connectivity index (χ2n) is 21.2. The molecule has 0 aromatic heterocycles. The first-order valence-electron chi connectivity index (χ1n) is 26.1. The molecule has 83 heavy (non-hydrogen) atoms. The van der Waals surface area contributed by atoms with Gasteiger partial charge in [0, 0.05) is 88.4 Å². The van der Waals surface area contributed by atoms with Crippen molar-refractivity contribution in [3.63, 3.8) is 0 Å². The predicted molar refractivity (Wildman–Crippen MR) is 294 cm³/mol. The Labute approximate surface area is 512 Å². The number of hydrogen-bond donors (Lipinski definition) is 1. The van der Waals surface area contributed by atoms with Gasteiger partial charge in [0.15, 0.2) is 0 Å². The number of ether oxygens (including phenoxy) is 12. The third-order valence-corrected chi connectivity index (χ3v) is 9.96. The van der Waals surface area contributed by atoms with Crippen molar-refractivity contribution in [1.29, 1.82) is 0 Å². The fourth-order valence-electron chi connectivity index (χ4n) is 5.54. The summed E-state index contributed by atoms with van der Waals surface area (Å²) in [6, 6.07) is 9.57. The molecule has 1 aromatic rings. The van der Waals surface area contributed by atoms with Crippen molar-refractivity contribution in [3.8, 4) is 0 Å². The highest BCUT2D eigenvalue weighted by molar-refractivity contribution is 5.79. The van der Waals surface area contributed by atoms with Crippen LogP contribution >= 0.6 is 0 Å². The lowest BCUT2D eigenvalue weighted by molar-refractivity contribution is -0.870. The van der Waals surface area contributed by atoms with Gasteiger partial charge in [0.1, 0.15) is 42.7 Å². The second-order valence-corrected chi connectivity index (χ2v) is 21.2. The summed E-state index contributed by atoms with van der Waals surface area (Å²) in [6.45, 7) is 17.3. The molecule has 0 aliphatic carbocycles. The number of halogens is 2. The molecule has 0 heterocycles. The van der Waals surface area contributed by atoms with Crippen LogP contribution in [0.5, 0.6) is 0 Å². The summed E-state index contributed by atoms with van der Waals surface area (Å²) < 4.78 is 60.3. The van der Waals surface area contributed by atoms with E-state index in [9.17, 15) is 53.1 Å². The Morgan fingerprint density at radius 1 is 0.386 bits per heavy atom. The molecule has 27 heteroatoms. The van der Waals surface area contributed by atoms with Gasteiger partial charge >= 0.3 is 59.7 Å². The average Bonchev–Trinajstić information content (AvgIpc) is 3.36. The van der Waals surface area contributed by atoms with E-state index in [2.05, 4.69) is 40.1 Å². The van der Waals surface area contributed by atoms with E-state index in [4.69, 9.17) is 37.9 Å². The molecular formula is C56H98Br2N2O23. The molecule has 1 N–H and O–H groups in total. The normalized spacial score (nSPS) is 11.3. The summed E-state index contributed by atoms with van der Waals surface area (Å²) in [7, 11) is 15.4. The molecule has 1 atom stereocenters. The molecule has 484 valence electrons. The van der Waals surface area contributed by atoms with Crippen LogP contribution in [0, 0.1) is 16.2 Å². The van der Waals surface area contributed by atoms with Crippen LogP contribution in [0.15, 0.2) is 30.3 Å². The molecule has 0 amide bonds. The topological polar surface area (TPSA) is 302 Å². The Morgan fingerprint density at radius 2 is 0.651 bits per heavy atom. The van der Waals surface area contributed by atoms with Crippen LogP contribution in [-0.4, -0.2) is 223 Å². The van der Waals surface area contributed by atoms with Crippen molar-refractivity contribution in [1.82, 2.24) is 0 Å². The molecular weight excluding hydrogens is 1230 g/mol. The Morgan fingerprint density at radius 3 is 0.928 bits per heavy atom. The first-order chi connectivity index (χ1) is 37.4. The van der Waals surface area contributed by atoms with Gasteiger partial charge in [-0.25, -0.2) is 0 Å². The van der Waals surface area contributed by atoms with Crippen LogP contribution in [0.2, 0.25) is 0 Å². The van der Waals surface area contributed by atoms with Crippen molar-refractivity contribution >= 4 is 59.7 Å². The van der Waals surface area contributed by atoms with E-state index in [0.717, 1.165) is 34.0 Å². The lowest BCUT2D eigenvalue weighted by Crippen LogP contribution is -3.00. The molecule has 0 spiro atoms. The first-order valence-corrected chi connectivity index (χ1v) is 26.1. The maximum atomic E-state index is 12.2. The van der Waals surface area contributed by atoms with Crippen LogP contribution in [0.4, 0.5) is 0 Å². The zero-order valence-electron chi connectivity index (χ0n) is 52.4. The smallest absolute Gasteiger partial charge is 0.318 e. The van der Waals surface area contributed by atoms with Crippen LogP contribution in [0.3, 0.4) is 0 Å². The Bertz CT molecular complexity index is 1910. The van der Waals surface area contributed by atoms with E-state index in [1.165, 1.54) is 55.4 Å².